The van der Waals surface area contributed by atoms with Gasteiger partial charge in [-0.25, -0.2) is 13.1 Å². The minimum Gasteiger partial charge on any atom is -0.389 e. The summed E-state index contributed by atoms with van der Waals surface area (Å²) in [6.07, 6.45) is 1.27. The van der Waals surface area contributed by atoms with Crippen molar-refractivity contribution in [3.05, 3.63) is 35.4 Å². The highest BCUT2D eigenvalue weighted by atomic mass is 32.2. The lowest BCUT2D eigenvalue weighted by atomic mass is 10.1. The van der Waals surface area contributed by atoms with Gasteiger partial charge in [-0.1, -0.05) is 30.4 Å². The Morgan fingerprint density at radius 3 is 2.90 bits per heavy atom. The van der Waals surface area contributed by atoms with Gasteiger partial charge in [0.25, 0.3) is 0 Å². The van der Waals surface area contributed by atoms with Crippen LogP contribution in [-0.2, 0) is 20.6 Å². The van der Waals surface area contributed by atoms with Crippen molar-refractivity contribution in [3.8, 4) is 0 Å². The summed E-state index contributed by atoms with van der Waals surface area (Å²) in [4.78, 5) is 11.8. The number of hydrogen-bond donors (Lipinski definition) is 3. The normalized spacial score (nSPS) is 19.0. The molecule has 1 aliphatic rings. The number of sulfonamides is 1. The van der Waals surface area contributed by atoms with Crippen LogP contribution in [0.3, 0.4) is 0 Å². The Morgan fingerprint density at radius 1 is 1.48 bits per heavy atom. The lowest BCUT2D eigenvalue weighted by Crippen LogP contribution is -2.50. The number of thiocarbonyl (C=S) groups is 1. The van der Waals surface area contributed by atoms with Crippen LogP contribution < -0.4 is 15.8 Å². The third-order valence-electron chi connectivity index (χ3n) is 3.18. The van der Waals surface area contributed by atoms with Crippen molar-refractivity contribution in [1.29, 1.82) is 0 Å². The Kier molecular flexibility index (Phi) is 4.92. The largest absolute Gasteiger partial charge is 0.389 e. The predicted octanol–water partition coefficient (Wildman–Crippen LogP) is 0.0188. The SMILES string of the molecule is NC(=S)c1cccc(CS(=O)(=O)NC2CCCNC2=O)c1. The molecule has 0 aliphatic carbocycles. The van der Waals surface area contributed by atoms with E-state index in [0.29, 0.717) is 24.1 Å². The maximum Gasteiger partial charge on any atom is 0.238 e. The molecule has 6 nitrogen and oxygen atoms in total. The molecule has 1 aromatic rings. The molecule has 1 heterocycles. The molecule has 1 fully saturated rings. The molecule has 0 saturated carbocycles. The number of piperidine rings is 1. The molecule has 0 spiro atoms. The summed E-state index contributed by atoms with van der Waals surface area (Å²) >= 11 is 4.87. The van der Waals surface area contributed by atoms with Crippen molar-refractivity contribution in [2.45, 2.75) is 24.6 Å². The minimum atomic E-state index is -3.60. The van der Waals surface area contributed by atoms with Gasteiger partial charge in [-0.15, -0.1) is 0 Å². The van der Waals surface area contributed by atoms with Crippen molar-refractivity contribution < 1.29 is 13.2 Å². The van der Waals surface area contributed by atoms with Crippen LogP contribution in [0.4, 0.5) is 0 Å². The number of nitrogens with two attached hydrogens (primary N) is 1. The second-order valence-corrected chi connectivity index (χ2v) is 7.12. The average Bonchev–Trinajstić information content (AvgIpc) is 2.41. The molecule has 2 rings (SSSR count). The van der Waals surface area contributed by atoms with Crippen LogP contribution in [0, 0.1) is 0 Å². The van der Waals surface area contributed by atoms with Crippen LogP contribution in [0.25, 0.3) is 0 Å². The summed E-state index contributed by atoms with van der Waals surface area (Å²) in [5.41, 5.74) is 6.72. The van der Waals surface area contributed by atoms with Gasteiger partial charge < -0.3 is 11.1 Å². The number of carbonyl (C=O) groups excluding carboxylic acids is 1. The van der Waals surface area contributed by atoms with Crippen LogP contribution >= 0.6 is 12.2 Å². The van der Waals surface area contributed by atoms with E-state index in [0.717, 1.165) is 6.42 Å². The van der Waals surface area contributed by atoms with E-state index in [9.17, 15) is 13.2 Å². The Morgan fingerprint density at radius 2 is 2.24 bits per heavy atom. The van der Waals surface area contributed by atoms with Gasteiger partial charge in [0.05, 0.1) is 5.75 Å². The van der Waals surface area contributed by atoms with Crippen molar-refractivity contribution in [1.82, 2.24) is 10.0 Å². The van der Waals surface area contributed by atoms with Crippen LogP contribution in [-0.4, -0.2) is 31.9 Å². The van der Waals surface area contributed by atoms with Crippen LogP contribution in [0.15, 0.2) is 24.3 Å². The first-order valence-electron chi connectivity index (χ1n) is 6.54. The fourth-order valence-corrected chi connectivity index (χ4v) is 3.66. The molecule has 0 aromatic heterocycles. The van der Waals surface area contributed by atoms with Crippen LogP contribution in [0.2, 0.25) is 0 Å². The molecular weight excluding hydrogens is 310 g/mol. The molecule has 1 aliphatic heterocycles. The number of carbonyl (C=O) groups is 1. The van der Waals surface area contributed by atoms with E-state index in [1.165, 1.54) is 0 Å². The maximum absolute atomic E-state index is 12.1. The average molecular weight is 327 g/mol. The van der Waals surface area contributed by atoms with Gasteiger partial charge in [0.15, 0.2) is 0 Å². The molecule has 4 N–H and O–H groups in total. The summed E-state index contributed by atoms with van der Waals surface area (Å²) in [5, 5.41) is 2.64. The summed E-state index contributed by atoms with van der Waals surface area (Å²) in [6, 6.07) is 6.06. The van der Waals surface area contributed by atoms with Crippen molar-refractivity contribution in [2.75, 3.05) is 6.54 Å². The van der Waals surface area contributed by atoms with E-state index in [2.05, 4.69) is 10.0 Å². The predicted molar refractivity (Wildman–Crippen MR) is 84.1 cm³/mol. The van der Waals surface area contributed by atoms with Gasteiger partial charge in [0.2, 0.25) is 15.9 Å². The third kappa shape index (κ3) is 4.48. The summed E-state index contributed by atoms with van der Waals surface area (Å²) in [5.74, 6) is -0.491. The highest BCUT2D eigenvalue weighted by Gasteiger charge is 2.26. The molecule has 0 radical (unpaired) electrons. The molecular formula is C13H17N3O3S2. The molecule has 1 saturated heterocycles. The van der Waals surface area contributed by atoms with E-state index >= 15 is 0 Å². The summed E-state index contributed by atoms with van der Waals surface area (Å²) in [7, 11) is -3.60. The van der Waals surface area contributed by atoms with E-state index in [1.54, 1.807) is 24.3 Å². The smallest absolute Gasteiger partial charge is 0.238 e. The van der Waals surface area contributed by atoms with Gasteiger partial charge in [-0.3, -0.25) is 4.79 Å². The minimum absolute atomic E-state index is 0.215. The number of hydrogen-bond acceptors (Lipinski definition) is 4. The van der Waals surface area contributed by atoms with Crippen molar-refractivity contribution in [3.63, 3.8) is 0 Å². The summed E-state index contributed by atoms with van der Waals surface area (Å²) in [6.45, 7) is 0.590. The standard InChI is InChI=1S/C13H17N3O3S2/c14-12(20)10-4-1-3-9(7-10)8-21(18,19)16-11-5-2-6-15-13(11)17/h1,3-4,7,11,16H,2,5-6,8H2,(H2,14,20)(H,15,17). The second kappa shape index (κ2) is 6.50. The number of amides is 1. The lowest BCUT2D eigenvalue weighted by molar-refractivity contribution is -0.124. The number of rotatable bonds is 5. The zero-order valence-corrected chi connectivity index (χ0v) is 13.0. The quantitative estimate of drug-likeness (QED) is 0.662. The molecule has 114 valence electrons. The Labute approximate surface area is 129 Å². The van der Waals surface area contributed by atoms with Crippen LogP contribution in [0.1, 0.15) is 24.0 Å². The Bertz CT molecular complexity index is 658. The summed E-state index contributed by atoms with van der Waals surface area (Å²) < 4.78 is 26.7. The molecule has 1 atom stereocenters. The van der Waals surface area contributed by atoms with E-state index < -0.39 is 16.1 Å². The second-order valence-electron chi connectivity index (χ2n) is 4.93. The zero-order valence-electron chi connectivity index (χ0n) is 11.3. The van der Waals surface area contributed by atoms with Gasteiger partial charge >= 0.3 is 0 Å². The first-order chi connectivity index (χ1) is 9.87. The number of benzene rings is 1. The van der Waals surface area contributed by atoms with E-state index in [1.807, 2.05) is 0 Å². The van der Waals surface area contributed by atoms with E-state index in [-0.39, 0.29) is 16.6 Å². The van der Waals surface area contributed by atoms with Gasteiger partial charge in [-0.05, 0) is 24.5 Å². The molecule has 1 aromatic carbocycles. The number of nitrogens with one attached hydrogen (secondary N) is 2. The molecule has 0 bridgehead atoms. The monoisotopic (exact) mass is 327 g/mol. The van der Waals surface area contributed by atoms with Crippen molar-refractivity contribution >= 4 is 33.1 Å². The van der Waals surface area contributed by atoms with E-state index in [4.69, 9.17) is 18.0 Å². The first-order valence-corrected chi connectivity index (χ1v) is 8.60. The molecule has 8 heteroatoms. The van der Waals surface area contributed by atoms with Gasteiger partial charge in [-0.2, -0.15) is 0 Å². The lowest BCUT2D eigenvalue weighted by Gasteiger charge is -2.22. The highest BCUT2D eigenvalue weighted by Crippen LogP contribution is 2.11. The van der Waals surface area contributed by atoms with Crippen molar-refractivity contribution in [2.24, 2.45) is 5.73 Å². The van der Waals surface area contributed by atoms with Gasteiger partial charge in [0, 0.05) is 12.1 Å². The third-order valence-corrected chi connectivity index (χ3v) is 4.77. The van der Waals surface area contributed by atoms with Gasteiger partial charge in [0.1, 0.15) is 11.0 Å². The highest BCUT2D eigenvalue weighted by molar-refractivity contribution is 7.88. The zero-order chi connectivity index (χ0) is 15.5. The fourth-order valence-electron chi connectivity index (χ4n) is 2.18. The Balaban J connectivity index is 2.08. The topological polar surface area (TPSA) is 101 Å². The fraction of sp³-hybridized carbons (Fsp3) is 0.385. The first kappa shape index (κ1) is 15.9. The van der Waals surface area contributed by atoms with Crippen LogP contribution in [0.5, 0.6) is 0 Å². The molecule has 21 heavy (non-hydrogen) atoms. The maximum atomic E-state index is 12.1. The molecule has 1 amide bonds. The Hall–Kier alpha value is -1.51. The molecule has 1 unspecified atom stereocenters.